The van der Waals surface area contributed by atoms with Crippen LogP contribution >= 0.6 is 9.39 Å². The topological polar surface area (TPSA) is 40.5 Å². The second kappa shape index (κ2) is 3.81. The minimum atomic E-state index is -0.0518. The van der Waals surface area contributed by atoms with Gasteiger partial charge in [-0.05, 0) is 9.39 Å². The van der Waals surface area contributed by atoms with E-state index >= 15 is 0 Å². The van der Waals surface area contributed by atoms with Crippen LogP contribution < -0.4 is 0 Å². The molecule has 1 amide bonds. The Morgan fingerprint density at radius 3 is 2.50 bits per heavy atom. The van der Waals surface area contributed by atoms with E-state index in [0.29, 0.717) is 6.54 Å². The predicted octanol–water partition coefficient (Wildman–Crippen LogP) is -0.383. The molecule has 0 aliphatic rings. The second-order valence-electron chi connectivity index (χ2n) is 1.44. The van der Waals surface area contributed by atoms with Crippen LogP contribution in [0, 0.1) is 0 Å². The SMILES string of the molecule is CC(=O)N(P)CCO. The van der Waals surface area contributed by atoms with Crippen LogP contribution in [0.25, 0.3) is 0 Å². The molecule has 0 saturated carbocycles. The van der Waals surface area contributed by atoms with Gasteiger partial charge in [0, 0.05) is 13.5 Å². The molecular formula is C4H10NO2P. The first-order chi connectivity index (χ1) is 3.68. The number of hydrogen-bond donors (Lipinski definition) is 1. The van der Waals surface area contributed by atoms with Gasteiger partial charge in [-0.2, -0.15) is 0 Å². The van der Waals surface area contributed by atoms with E-state index in [2.05, 4.69) is 9.39 Å². The fraction of sp³-hybridized carbons (Fsp3) is 0.750. The third-order valence-electron chi connectivity index (χ3n) is 0.745. The van der Waals surface area contributed by atoms with Crippen LogP contribution in [-0.2, 0) is 4.79 Å². The van der Waals surface area contributed by atoms with E-state index < -0.39 is 0 Å². The molecule has 0 saturated heterocycles. The fourth-order valence-electron chi connectivity index (χ4n) is 0.265. The molecule has 0 aliphatic carbocycles. The van der Waals surface area contributed by atoms with Crippen molar-refractivity contribution in [3.05, 3.63) is 0 Å². The summed E-state index contributed by atoms with van der Waals surface area (Å²) in [7, 11) is 2.22. The molecule has 0 aromatic carbocycles. The Balaban J connectivity index is 3.32. The molecule has 0 aromatic rings. The lowest BCUT2D eigenvalue weighted by molar-refractivity contribution is -0.124. The molecular weight excluding hydrogens is 125 g/mol. The molecule has 0 aliphatic heterocycles. The zero-order valence-electron chi connectivity index (χ0n) is 4.79. The number of hydrogen-bond acceptors (Lipinski definition) is 2. The Labute approximate surface area is 50.9 Å². The van der Waals surface area contributed by atoms with Crippen molar-refractivity contribution in [1.82, 2.24) is 4.67 Å². The van der Waals surface area contributed by atoms with Gasteiger partial charge in [-0.1, -0.05) is 0 Å². The number of nitrogens with zero attached hydrogens (tertiary/aromatic N) is 1. The summed E-state index contributed by atoms with van der Waals surface area (Å²) in [6.45, 7) is 1.85. The summed E-state index contributed by atoms with van der Waals surface area (Å²) in [6, 6.07) is 0. The van der Waals surface area contributed by atoms with E-state index in [1.165, 1.54) is 11.6 Å². The molecule has 0 heterocycles. The normalized spacial score (nSPS) is 8.88. The van der Waals surface area contributed by atoms with Gasteiger partial charge in [-0.3, -0.25) is 4.79 Å². The summed E-state index contributed by atoms with van der Waals surface area (Å²) >= 11 is 0. The lowest BCUT2D eigenvalue weighted by atomic mass is 10.6. The maximum atomic E-state index is 10.3. The summed E-state index contributed by atoms with van der Waals surface area (Å²) in [5.74, 6) is -0.0518. The highest BCUT2D eigenvalue weighted by molar-refractivity contribution is 7.14. The van der Waals surface area contributed by atoms with Crippen LogP contribution in [0.15, 0.2) is 0 Å². The van der Waals surface area contributed by atoms with Crippen molar-refractivity contribution < 1.29 is 9.90 Å². The average molecular weight is 135 g/mol. The lowest BCUT2D eigenvalue weighted by Gasteiger charge is -2.10. The van der Waals surface area contributed by atoms with Crippen molar-refractivity contribution in [3.63, 3.8) is 0 Å². The Kier molecular flexibility index (Phi) is 3.75. The van der Waals surface area contributed by atoms with Crippen LogP contribution in [0.1, 0.15) is 6.92 Å². The number of aliphatic hydroxyl groups is 1. The van der Waals surface area contributed by atoms with E-state index in [4.69, 9.17) is 5.11 Å². The zero-order chi connectivity index (χ0) is 6.57. The Morgan fingerprint density at radius 1 is 1.88 bits per heavy atom. The van der Waals surface area contributed by atoms with Gasteiger partial charge >= 0.3 is 0 Å². The van der Waals surface area contributed by atoms with Crippen molar-refractivity contribution >= 4 is 15.3 Å². The molecule has 1 atom stereocenters. The average Bonchev–Trinajstić information content (AvgIpc) is 1.67. The van der Waals surface area contributed by atoms with Crippen LogP contribution in [0.3, 0.4) is 0 Å². The number of carbonyl (C=O) groups is 1. The van der Waals surface area contributed by atoms with E-state index in [1.54, 1.807) is 0 Å². The number of amides is 1. The number of rotatable bonds is 2. The fourth-order valence-corrected chi connectivity index (χ4v) is 0.381. The van der Waals surface area contributed by atoms with Gasteiger partial charge in [0.05, 0.1) is 6.61 Å². The van der Waals surface area contributed by atoms with Crippen molar-refractivity contribution in [1.29, 1.82) is 0 Å². The first-order valence-electron chi connectivity index (χ1n) is 2.32. The van der Waals surface area contributed by atoms with Crippen molar-refractivity contribution in [3.8, 4) is 0 Å². The summed E-state index contributed by atoms with van der Waals surface area (Å²) in [4.78, 5) is 10.3. The summed E-state index contributed by atoms with van der Waals surface area (Å²) in [6.07, 6.45) is 0. The van der Waals surface area contributed by atoms with Crippen LogP contribution in [-0.4, -0.2) is 28.8 Å². The number of carbonyl (C=O) groups excluding carboxylic acids is 1. The first kappa shape index (κ1) is 7.86. The highest BCUT2D eigenvalue weighted by Crippen LogP contribution is 1.95. The standard InChI is InChI=1S/C4H10NO2P/c1-4(7)5(8)2-3-6/h6H,2-3,8H2,1H3. The quantitative estimate of drug-likeness (QED) is 0.524. The molecule has 0 rings (SSSR count). The van der Waals surface area contributed by atoms with Crippen LogP contribution in [0.4, 0.5) is 0 Å². The highest BCUT2D eigenvalue weighted by atomic mass is 31.0. The first-order valence-corrected chi connectivity index (χ1v) is 2.83. The van der Waals surface area contributed by atoms with Crippen molar-refractivity contribution in [2.75, 3.05) is 13.2 Å². The third-order valence-corrected chi connectivity index (χ3v) is 1.37. The third kappa shape index (κ3) is 2.94. The molecule has 8 heavy (non-hydrogen) atoms. The molecule has 0 spiro atoms. The Bertz CT molecular complexity index is 86.1. The van der Waals surface area contributed by atoms with E-state index in [-0.39, 0.29) is 12.5 Å². The maximum Gasteiger partial charge on any atom is 0.222 e. The van der Waals surface area contributed by atoms with E-state index in [0.717, 1.165) is 0 Å². The Morgan fingerprint density at radius 2 is 2.38 bits per heavy atom. The highest BCUT2D eigenvalue weighted by Gasteiger charge is 1.97. The van der Waals surface area contributed by atoms with E-state index in [1.807, 2.05) is 0 Å². The maximum absolute atomic E-state index is 10.3. The molecule has 0 bridgehead atoms. The molecule has 1 unspecified atom stereocenters. The van der Waals surface area contributed by atoms with Crippen LogP contribution in [0.2, 0.25) is 0 Å². The van der Waals surface area contributed by atoms with E-state index in [9.17, 15) is 4.79 Å². The van der Waals surface area contributed by atoms with Gasteiger partial charge in [0.15, 0.2) is 0 Å². The van der Waals surface area contributed by atoms with Gasteiger partial charge in [0.25, 0.3) is 0 Å². The smallest absolute Gasteiger partial charge is 0.222 e. The molecule has 0 aromatic heterocycles. The van der Waals surface area contributed by atoms with Gasteiger partial charge in [-0.25, -0.2) is 0 Å². The van der Waals surface area contributed by atoms with Crippen molar-refractivity contribution in [2.24, 2.45) is 0 Å². The van der Waals surface area contributed by atoms with Gasteiger partial charge < -0.3 is 9.78 Å². The van der Waals surface area contributed by atoms with Crippen molar-refractivity contribution in [2.45, 2.75) is 6.92 Å². The largest absolute Gasteiger partial charge is 0.395 e. The number of aliphatic hydroxyl groups excluding tert-OH is 1. The molecule has 48 valence electrons. The molecule has 4 heteroatoms. The zero-order valence-corrected chi connectivity index (χ0v) is 5.95. The molecule has 0 radical (unpaired) electrons. The lowest BCUT2D eigenvalue weighted by Crippen LogP contribution is -2.20. The second-order valence-corrected chi connectivity index (χ2v) is 2.06. The summed E-state index contributed by atoms with van der Waals surface area (Å²) in [5.41, 5.74) is 0. The van der Waals surface area contributed by atoms with Gasteiger partial charge in [-0.15, -0.1) is 0 Å². The molecule has 3 nitrogen and oxygen atoms in total. The minimum Gasteiger partial charge on any atom is -0.395 e. The van der Waals surface area contributed by atoms with Gasteiger partial charge in [0.2, 0.25) is 5.91 Å². The Hall–Kier alpha value is -0.140. The molecule has 0 fully saturated rings. The monoisotopic (exact) mass is 135 g/mol. The summed E-state index contributed by atoms with van der Waals surface area (Å²) in [5, 5.41) is 8.28. The summed E-state index contributed by atoms with van der Waals surface area (Å²) < 4.78 is 1.38. The van der Waals surface area contributed by atoms with Crippen LogP contribution in [0.5, 0.6) is 0 Å². The molecule has 1 N–H and O–H groups in total. The predicted molar refractivity (Wildman–Crippen MR) is 34.2 cm³/mol. The van der Waals surface area contributed by atoms with Gasteiger partial charge in [0.1, 0.15) is 0 Å². The minimum absolute atomic E-state index is 0.0169.